The smallest absolute Gasteiger partial charge is 0.274 e. The molecule has 3 rings (SSSR count). The van der Waals surface area contributed by atoms with Gasteiger partial charge in [-0.3, -0.25) is 4.79 Å². The minimum atomic E-state index is -0.250. The molecule has 1 aromatic rings. The number of amides is 1. The summed E-state index contributed by atoms with van der Waals surface area (Å²) in [5, 5.41) is 10.3. The molecule has 1 saturated carbocycles. The highest BCUT2D eigenvalue weighted by Crippen LogP contribution is 2.35. The molecule has 0 aromatic carbocycles. The standard InChI is InChI=1S/C17H27N3O2/c1-12(2)19-10-14(18-11-19)17(22)20-9-5-7-15(20)13-6-3-4-8-16(13)21/h10-13,15-16,21H,3-9H2,1-2H3/t13-,15-,16+/m1/s1. The van der Waals surface area contributed by atoms with Crippen molar-refractivity contribution in [2.24, 2.45) is 5.92 Å². The molecule has 122 valence electrons. The molecule has 0 bridgehead atoms. The zero-order valence-electron chi connectivity index (χ0n) is 13.6. The normalized spacial score (nSPS) is 29.3. The van der Waals surface area contributed by atoms with E-state index in [1.165, 1.54) is 6.42 Å². The topological polar surface area (TPSA) is 58.4 Å². The van der Waals surface area contributed by atoms with Crippen molar-refractivity contribution in [1.82, 2.24) is 14.5 Å². The van der Waals surface area contributed by atoms with Gasteiger partial charge in [-0.2, -0.15) is 0 Å². The number of hydrogen-bond donors (Lipinski definition) is 1. The summed E-state index contributed by atoms with van der Waals surface area (Å²) in [7, 11) is 0. The van der Waals surface area contributed by atoms with Crippen molar-refractivity contribution in [3.63, 3.8) is 0 Å². The lowest BCUT2D eigenvalue weighted by atomic mass is 9.80. The summed E-state index contributed by atoms with van der Waals surface area (Å²) in [6, 6.07) is 0.496. The fourth-order valence-electron chi connectivity index (χ4n) is 3.96. The third-order valence-corrected chi connectivity index (χ3v) is 5.25. The SMILES string of the molecule is CC(C)n1cnc(C(=O)N2CCC[C@@H]2[C@H]2CCCC[C@@H]2O)c1. The van der Waals surface area contributed by atoms with Crippen molar-refractivity contribution in [2.75, 3.05) is 6.54 Å². The van der Waals surface area contributed by atoms with E-state index in [4.69, 9.17) is 0 Å². The molecule has 22 heavy (non-hydrogen) atoms. The number of aliphatic hydroxyl groups is 1. The molecule has 2 fully saturated rings. The van der Waals surface area contributed by atoms with E-state index in [-0.39, 0.29) is 24.0 Å². The molecule has 5 nitrogen and oxygen atoms in total. The fourth-order valence-corrected chi connectivity index (χ4v) is 3.96. The second-order valence-corrected chi connectivity index (χ2v) is 7.02. The number of imidazole rings is 1. The molecular formula is C17H27N3O2. The van der Waals surface area contributed by atoms with Gasteiger partial charge in [-0.05, 0) is 39.5 Å². The highest BCUT2D eigenvalue weighted by atomic mass is 16.3. The van der Waals surface area contributed by atoms with Crippen LogP contribution in [-0.2, 0) is 0 Å². The first-order chi connectivity index (χ1) is 10.6. The van der Waals surface area contributed by atoms with Crippen LogP contribution in [-0.4, -0.2) is 44.2 Å². The van der Waals surface area contributed by atoms with Crippen molar-refractivity contribution in [3.05, 3.63) is 18.2 Å². The largest absolute Gasteiger partial charge is 0.393 e. The second-order valence-electron chi connectivity index (χ2n) is 7.02. The molecule has 2 aliphatic rings. The summed E-state index contributed by atoms with van der Waals surface area (Å²) >= 11 is 0. The highest BCUT2D eigenvalue weighted by Gasteiger charge is 2.39. The van der Waals surface area contributed by atoms with Crippen LogP contribution in [0.2, 0.25) is 0 Å². The summed E-state index contributed by atoms with van der Waals surface area (Å²) in [6.07, 6.45) is 9.57. The monoisotopic (exact) mass is 305 g/mol. The number of likely N-dealkylation sites (tertiary alicyclic amines) is 1. The summed E-state index contributed by atoms with van der Waals surface area (Å²) in [5.41, 5.74) is 0.533. The van der Waals surface area contributed by atoms with Gasteiger partial charge in [0.2, 0.25) is 0 Å². The summed E-state index contributed by atoms with van der Waals surface area (Å²) < 4.78 is 1.97. The Bertz CT molecular complexity index is 526. The number of carbonyl (C=O) groups excluding carboxylic acids is 1. The Morgan fingerprint density at radius 3 is 2.73 bits per heavy atom. The quantitative estimate of drug-likeness (QED) is 0.934. The van der Waals surface area contributed by atoms with Crippen LogP contribution in [0.4, 0.5) is 0 Å². The maximum Gasteiger partial charge on any atom is 0.274 e. The zero-order valence-corrected chi connectivity index (χ0v) is 13.6. The van der Waals surface area contributed by atoms with Gasteiger partial charge in [-0.25, -0.2) is 4.98 Å². The molecule has 5 heteroatoms. The van der Waals surface area contributed by atoms with Gasteiger partial charge >= 0.3 is 0 Å². The Kier molecular flexibility index (Phi) is 4.52. The van der Waals surface area contributed by atoms with E-state index < -0.39 is 0 Å². The van der Waals surface area contributed by atoms with Crippen LogP contribution >= 0.6 is 0 Å². The lowest BCUT2D eigenvalue weighted by Crippen LogP contribution is -2.45. The molecule has 2 heterocycles. The second kappa shape index (κ2) is 6.41. The van der Waals surface area contributed by atoms with Gasteiger partial charge in [0.15, 0.2) is 0 Å². The van der Waals surface area contributed by atoms with Gasteiger partial charge < -0.3 is 14.6 Å². The number of rotatable bonds is 3. The number of aliphatic hydroxyl groups excluding tert-OH is 1. The maximum atomic E-state index is 12.8. The lowest BCUT2D eigenvalue weighted by Gasteiger charge is -2.37. The van der Waals surface area contributed by atoms with Gasteiger partial charge in [0.1, 0.15) is 5.69 Å². The molecule has 1 aromatic heterocycles. The van der Waals surface area contributed by atoms with Crippen molar-refractivity contribution >= 4 is 5.91 Å². The Labute approximate surface area is 132 Å². The fraction of sp³-hybridized carbons (Fsp3) is 0.765. The van der Waals surface area contributed by atoms with Crippen molar-refractivity contribution in [2.45, 2.75) is 70.6 Å². The van der Waals surface area contributed by atoms with Crippen LogP contribution in [0.25, 0.3) is 0 Å². The number of nitrogens with zero attached hydrogens (tertiary/aromatic N) is 3. The molecule has 0 unspecified atom stereocenters. The summed E-state index contributed by atoms with van der Waals surface area (Å²) in [6.45, 7) is 4.95. The van der Waals surface area contributed by atoms with Crippen LogP contribution in [0.1, 0.15) is 68.9 Å². The predicted molar refractivity (Wildman–Crippen MR) is 84.6 cm³/mol. The minimum absolute atomic E-state index is 0.0275. The van der Waals surface area contributed by atoms with Crippen LogP contribution in [0, 0.1) is 5.92 Å². The molecule has 3 atom stereocenters. The Morgan fingerprint density at radius 1 is 1.27 bits per heavy atom. The molecule has 0 spiro atoms. The molecule has 0 radical (unpaired) electrons. The molecule has 1 amide bonds. The average Bonchev–Trinajstić information content (AvgIpc) is 3.16. The van der Waals surface area contributed by atoms with E-state index >= 15 is 0 Å². The summed E-state index contributed by atoms with van der Waals surface area (Å²) in [5.74, 6) is 0.270. The lowest BCUT2D eigenvalue weighted by molar-refractivity contribution is 0.0209. The van der Waals surface area contributed by atoms with Gasteiger partial charge in [0, 0.05) is 30.7 Å². The molecule has 1 saturated heterocycles. The third kappa shape index (κ3) is 2.91. The van der Waals surface area contributed by atoms with Crippen LogP contribution in [0.5, 0.6) is 0 Å². The molecule has 1 aliphatic carbocycles. The average molecular weight is 305 g/mol. The van der Waals surface area contributed by atoms with E-state index in [2.05, 4.69) is 18.8 Å². The molecule has 1 aliphatic heterocycles. The maximum absolute atomic E-state index is 12.8. The highest BCUT2D eigenvalue weighted by molar-refractivity contribution is 5.92. The predicted octanol–water partition coefficient (Wildman–Crippen LogP) is 2.62. The Balaban J connectivity index is 1.75. The zero-order chi connectivity index (χ0) is 15.7. The van der Waals surface area contributed by atoms with E-state index in [9.17, 15) is 9.90 Å². The first kappa shape index (κ1) is 15.5. The Hall–Kier alpha value is -1.36. The first-order valence-corrected chi connectivity index (χ1v) is 8.60. The van der Waals surface area contributed by atoms with Crippen LogP contribution in [0.15, 0.2) is 12.5 Å². The number of hydrogen-bond acceptors (Lipinski definition) is 3. The Morgan fingerprint density at radius 2 is 2.05 bits per heavy atom. The molecular weight excluding hydrogens is 278 g/mol. The van der Waals surface area contributed by atoms with Gasteiger partial charge in [-0.1, -0.05) is 12.8 Å². The first-order valence-electron chi connectivity index (χ1n) is 8.60. The van der Waals surface area contributed by atoms with Crippen molar-refractivity contribution < 1.29 is 9.90 Å². The van der Waals surface area contributed by atoms with E-state index in [0.29, 0.717) is 11.7 Å². The number of carbonyl (C=O) groups is 1. The third-order valence-electron chi connectivity index (χ3n) is 5.25. The minimum Gasteiger partial charge on any atom is -0.393 e. The van der Waals surface area contributed by atoms with E-state index in [0.717, 1.165) is 38.6 Å². The van der Waals surface area contributed by atoms with Gasteiger partial charge in [0.25, 0.3) is 5.91 Å². The number of aromatic nitrogens is 2. The van der Waals surface area contributed by atoms with Crippen LogP contribution in [0.3, 0.4) is 0 Å². The van der Waals surface area contributed by atoms with Crippen LogP contribution < -0.4 is 0 Å². The van der Waals surface area contributed by atoms with E-state index in [1.807, 2.05) is 15.7 Å². The summed E-state index contributed by atoms with van der Waals surface area (Å²) in [4.78, 5) is 19.1. The van der Waals surface area contributed by atoms with Gasteiger partial charge in [-0.15, -0.1) is 0 Å². The van der Waals surface area contributed by atoms with Gasteiger partial charge in [0.05, 0.1) is 12.4 Å². The van der Waals surface area contributed by atoms with E-state index in [1.54, 1.807) is 6.33 Å². The molecule has 1 N–H and O–H groups in total. The van der Waals surface area contributed by atoms with Crippen molar-refractivity contribution in [1.29, 1.82) is 0 Å². The van der Waals surface area contributed by atoms with Crippen molar-refractivity contribution in [3.8, 4) is 0 Å².